The summed E-state index contributed by atoms with van der Waals surface area (Å²) in [6, 6.07) is 12.7. The number of amides is 2. The second-order valence-electron chi connectivity index (χ2n) is 9.26. The third-order valence-corrected chi connectivity index (χ3v) is 8.95. The molecule has 0 saturated carbocycles. The summed E-state index contributed by atoms with van der Waals surface area (Å²) in [6.45, 7) is 7.60. The van der Waals surface area contributed by atoms with Gasteiger partial charge in [-0.05, 0) is 48.6 Å². The number of benzene rings is 2. The van der Waals surface area contributed by atoms with E-state index in [9.17, 15) is 18.0 Å². The Balaban J connectivity index is 1.50. The Morgan fingerprint density at radius 2 is 1.89 bits per heavy atom. The maximum absolute atomic E-state index is 13.2. The van der Waals surface area contributed by atoms with Crippen LogP contribution in [0.15, 0.2) is 47.4 Å². The van der Waals surface area contributed by atoms with Crippen molar-refractivity contribution in [1.82, 2.24) is 4.31 Å². The molecule has 2 aliphatic heterocycles. The van der Waals surface area contributed by atoms with E-state index >= 15 is 0 Å². The summed E-state index contributed by atoms with van der Waals surface area (Å²) in [4.78, 5) is 27.8. The molecule has 2 amide bonds. The van der Waals surface area contributed by atoms with Crippen molar-refractivity contribution in [1.29, 1.82) is 0 Å². The van der Waals surface area contributed by atoms with E-state index in [1.807, 2.05) is 24.3 Å². The summed E-state index contributed by atoms with van der Waals surface area (Å²) in [5.74, 6) is -0.597. The van der Waals surface area contributed by atoms with Gasteiger partial charge in [-0.25, -0.2) is 8.42 Å². The maximum Gasteiger partial charge on any atom is 0.243 e. The van der Waals surface area contributed by atoms with Crippen LogP contribution >= 0.6 is 0 Å². The molecule has 0 spiro atoms. The highest BCUT2D eigenvalue weighted by Crippen LogP contribution is 2.34. The van der Waals surface area contributed by atoms with E-state index in [1.54, 1.807) is 24.0 Å². The fourth-order valence-corrected chi connectivity index (χ4v) is 6.27. The Kier molecular flexibility index (Phi) is 7.59. The molecular weight excluding hydrogens is 466 g/mol. The van der Waals surface area contributed by atoms with Crippen LogP contribution in [-0.2, 0) is 24.3 Å². The van der Waals surface area contributed by atoms with Gasteiger partial charge in [-0.3, -0.25) is 9.59 Å². The first-order valence-corrected chi connectivity index (χ1v) is 13.5. The molecule has 2 aromatic carbocycles. The number of sulfonamides is 1. The number of carbonyl (C=O) groups is 2. The molecule has 8 nitrogen and oxygen atoms in total. The van der Waals surface area contributed by atoms with E-state index in [-0.39, 0.29) is 23.1 Å². The number of rotatable bonds is 7. The summed E-state index contributed by atoms with van der Waals surface area (Å²) < 4.78 is 33.0. The van der Waals surface area contributed by atoms with E-state index in [0.29, 0.717) is 50.0 Å². The summed E-state index contributed by atoms with van der Waals surface area (Å²) in [5, 5.41) is 2.84. The van der Waals surface area contributed by atoms with Gasteiger partial charge in [0.05, 0.1) is 24.0 Å². The first-order chi connectivity index (χ1) is 16.7. The zero-order valence-electron chi connectivity index (χ0n) is 20.5. The van der Waals surface area contributed by atoms with Crippen molar-refractivity contribution in [3.05, 3.63) is 53.6 Å². The molecule has 2 heterocycles. The largest absolute Gasteiger partial charge is 0.379 e. The van der Waals surface area contributed by atoms with Gasteiger partial charge in [0.2, 0.25) is 21.8 Å². The Labute approximate surface area is 207 Å². The second-order valence-corrected chi connectivity index (χ2v) is 11.2. The molecule has 188 valence electrons. The van der Waals surface area contributed by atoms with E-state index in [2.05, 4.69) is 19.2 Å². The molecule has 0 aromatic heterocycles. The predicted octanol–water partition coefficient (Wildman–Crippen LogP) is 3.52. The Morgan fingerprint density at radius 1 is 1.17 bits per heavy atom. The van der Waals surface area contributed by atoms with E-state index in [0.717, 1.165) is 17.7 Å². The standard InChI is InChI=1S/C26H33N3O5S/c1-4-18(2)22-7-5-6-8-23(22)29-17-20(15-25(29)30)26(31)27-21-10-9-19(3)24(16-21)35(32,33)28-11-13-34-14-12-28/h5-10,16,18,20H,4,11-15,17H2,1-3H3,(H,27,31)/t18-,20+/m1/s1. The lowest BCUT2D eigenvalue weighted by atomic mass is 9.96. The summed E-state index contributed by atoms with van der Waals surface area (Å²) in [6.07, 6.45) is 1.07. The van der Waals surface area contributed by atoms with Crippen molar-refractivity contribution in [2.24, 2.45) is 5.92 Å². The average Bonchev–Trinajstić information content (AvgIpc) is 3.26. The Bertz CT molecular complexity index is 1210. The van der Waals surface area contributed by atoms with Gasteiger partial charge in [-0.15, -0.1) is 0 Å². The molecule has 0 bridgehead atoms. The molecule has 4 rings (SSSR count). The molecule has 2 aliphatic rings. The number of hydrogen-bond acceptors (Lipinski definition) is 5. The van der Waals surface area contributed by atoms with E-state index in [4.69, 9.17) is 4.74 Å². The van der Waals surface area contributed by atoms with Gasteiger partial charge in [0.25, 0.3) is 0 Å². The number of para-hydroxylation sites is 1. The topological polar surface area (TPSA) is 96.0 Å². The zero-order valence-corrected chi connectivity index (χ0v) is 21.3. The molecule has 9 heteroatoms. The normalized spacial score (nSPS) is 20.1. The highest BCUT2D eigenvalue weighted by atomic mass is 32.2. The highest BCUT2D eigenvalue weighted by molar-refractivity contribution is 7.89. The van der Waals surface area contributed by atoms with Gasteiger partial charge in [-0.2, -0.15) is 4.31 Å². The van der Waals surface area contributed by atoms with Crippen LogP contribution in [0.2, 0.25) is 0 Å². The number of nitrogens with zero attached hydrogens (tertiary/aromatic N) is 2. The lowest BCUT2D eigenvalue weighted by Gasteiger charge is -2.27. The van der Waals surface area contributed by atoms with Gasteiger partial charge < -0.3 is 15.0 Å². The lowest BCUT2D eigenvalue weighted by Crippen LogP contribution is -2.40. The van der Waals surface area contributed by atoms with E-state index in [1.165, 1.54) is 10.4 Å². The molecule has 2 aromatic rings. The van der Waals surface area contributed by atoms with Crippen LogP contribution in [0.1, 0.15) is 43.7 Å². The van der Waals surface area contributed by atoms with Gasteiger partial charge in [0.1, 0.15) is 0 Å². The third-order valence-electron chi connectivity index (χ3n) is 6.91. The van der Waals surface area contributed by atoms with Crippen LogP contribution in [0.4, 0.5) is 11.4 Å². The van der Waals surface area contributed by atoms with Crippen molar-refractivity contribution in [3.8, 4) is 0 Å². The molecule has 2 saturated heterocycles. The monoisotopic (exact) mass is 499 g/mol. The van der Waals surface area contributed by atoms with Crippen LogP contribution in [0, 0.1) is 12.8 Å². The Morgan fingerprint density at radius 3 is 2.60 bits per heavy atom. The first-order valence-electron chi connectivity index (χ1n) is 12.1. The van der Waals surface area contributed by atoms with Crippen LogP contribution in [0.3, 0.4) is 0 Å². The number of anilines is 2. The zero-order chi connectivity index (χ0) is 25.2. The molecule has 0 aliphatic carbocycles. The summed E-state index contributed by atoms with van der Waals surface area (Å²) in [7, 11) is -3.70. The number of carbonyl (C=O) groups excluding carboxylic acids is 2. The minimum absolute atomic E-state index is 0.0830. The van der Waals surface area contributed by atoms with Crippen molar-refractivity contribution in [3.63, 3.8) is 0 Å². The summed E-state index contributed by atoms with van der Waals surface area (Å²) >= 11 is 0. The molecule has 2 atom stereocenters. The molecule has 2 fully saturated rings. The van der Waals surface area contributed by atoms with Crippen molar-refractivity contribution in [2.75, 3.05) is 43.1 Å². The fourth-order valence-electron chi connectivity index (χ4n) is 4.61. The number of aryl methyl sites for hydroxylation is 1. The minimum atomic E-state index is -3.70. The fraction of sp³-hybridized carbons (Fsp3) is 0.462. The minimum Gasteiger partial charge on any atom is -0.379 e. The maximum atomic E-state index is 13.2. The van der Waals surface area contributed by atoms with Gasteiger partial charge in [0.15, 0.2) is 0 Å². The first kappa shape index (κ1) is 25.3. The lowest BCUT2D eigenvalue weighted by molar-refractivity contribution is -0.122. The molecule has 0 unspecified atom stereocenters. The van der Waals surface area contributed by atoms with E-state index < -0.39 is 15.9 Å². The van der Waals surface area contributed by atoms with Gasteiger partial charge in [-0.1, -0.05) is 38.1 Å². The SMILES string of the molecule is CC[C@@H](C)c1ccccc1N1C[C@@H](C(=O)Nc2ccc(C)c(S(=O)(=O)N3CCOCC3)c2)CC1=O. The van der Waals surface area contributed by atoms with Gasteiger partial charge >= 0.3 is 0 Å². The van der Waals surface area contributed by atoms with Crippen LogP contribution < -0.4 is 10.2 Å². The summed E-state index contributed by atoms with van der Waals surface area (Å²) in [5.41, 5.74) is 2.97. The van der Waals surface area contributed by atoms with Crippen LogP contribution in [0.5, 0.6) is 0 Å². The molecule has 35 heavy (non-hydrogen) atoms. The molecule has 0 radical (unpaired) electrons. The van der Waals surface area contributed by atoms with Crippen molar-refractivity contribution < 1.29 is 22.7 Å². The van der Waals surface area contributed by atoms with Crippen LogP contribution in [-0.4, -0.2) is 57.4 Å². The second kappa shape index (κ2) is 10.5. The molecular formula is C26H33N3O5S. The predicted molar refractivity (Wildman–Crippen MR) is 135 cm³/mol. The number of ether oxygens (including phenoxy) is 1. The quantitative estimate of drug-likeness (QED) is 0.629. The Hall–Kier alpha value is -2.75. The number of hydrogen-bond donors (Lipinski definition) is 1. The smallest absolute Gasteiger partial charge is 0.243 e. The van der Waals surface area contributed by atoms with Crippen LogP contribution in [0.25, 0.3) is 0 Å². The van der Waals surface area contributed by atoms with Gasteiger partial charge in [0, 0.05) is 37.4 Å². The van der Waals surface area contributed by atoms with Crippen molar-refractivity contribution >= 4 is 33.2 Å². The average molecular weight is 500 g/mol. The number of nitrogens with one attached hydrogen (secondary N) is 1. The van der Waals surface area contributed by atoms with Crippen molar-refractivity contribution in [2.45, 2.75) is 44.4 Å². The number of morpholine rings is 1. The highest BCUT2D eigenvalue weighted by Gasteiger charge is 2.36. The third kappa shape index (κ3) is 5.27. The molecule has 1 N–H and O–H groups in total.